The fourth-order valence-electron chi connectivity index (χ4n) is 3.63. The first kappa shape index (κ1) is 15.8. The zero-order valence-electron chi connectivity index (χ0n) is 13.8. The Hall–Kier alpha value is -2.04. The van der Waals surface area contributed by atoms with Gasteiger partial charge in [0.1, 0.15) is 5.75 Å². The van der Waals surface area contributed by atoms with E-state index in [0.29, 0.717) is 30.4 Å². The Morgan fingerprint density at radius 3 is 2.74 bits per heavy atom. The normalized spacial score (nSPS) is 21.7. The summed E-state index contributed by atoms with van der Waals surface area (Å²) in [5.74, 6) is 0.394. The molecule has 1 aromatic rings. The zero-order valence-corrected chi connectivity index (χ0v) is 13.8. The molecule has 1 saturated heterocycles. The summed E-state index contributed by atoms with van der Waals surface area (Å²) in [6.45, 7) is 2.51. The van der Waals surface area contributed by atoms with Crippen molar-refractivity contribution in [3.05, 3.63) is 23.8 Å². The van der Waals surface area contributed by atoms with Crippen LogP contribution in [0.4, 0.5) is 5.69 Å². The molecule has 1 aromatic carbocycles. The van der Waals surface area contributed by atoms with E-state index in [9.17, 15) is 9.59 Å². The van der Waals surface area contributed by atoms with Crippen molar-refractivity contribution < 1.29 is 14.3 Å². The van der Waals surface area contributed by atoms with Crippen molar-refractivity contribution in [2.45, 2.75) is 45.1 Å². The first-order valence-corrected chi connectivity index (χ1v) is 8.33. The van der Waals surface area contributed by atoms with Crippen LogP contribution in [0.5, 0.6) is 5.75 Å². The molecule has 3 rings (SSSR count). The number of hydrogen-bond acceptors (Lipinski definition) is 3. The number of ether oxygens (including phenoxy) is 1. The number of carbonyl (C=O) groups excluding carboxylic acids is 2. The first-order chi connectivity index (χ1) is 11.1. The molecular weight excluding hydrogens is 292 g/mol. The van der Waals surface area contributed by atoms with Crippen LogP contribution >= 0.6 is 0 Å². The molecule has 0 aromatic heterocycles. The van der Waals surface area contributed by atoms with Crippen LogP contribution in [0.15, 0.2) is 18.2 Å². The van der Waals surface area contributed by atoms with Gasteiger partial charge in [0.25, 0.3) is 0 Å². The molecule has 1 N–H and O–H groups in total. The van der Waals surface area contributed by atoms with Crippen molar-refractivity contribution in [1.29, 1.82) is 0 Å². The van der Waals surface area contributed by atoms with E-state index in [1.165, 1.54) is 12.8 Å². The lowest BCUT2D eigenvalue weighted by molar-refractivity contribution is -0.129. The molecule has 1 aliphatic carbocycles. The molecule has 5 heteroatoms. The van der Waals surface area contributed by atoms with Crippen LogP contribution in [-0.2, 0) is 9.59 Å². The van der Waals surface area contributed by atoms with Crippen LogP contribution in [0.1, 0.15) is 37.7 Å². The minimum atomic E-state index is -0.270. The van der Waals surface area contributed by atoms with Gasteiger partial charge in [-0.15, -0.1) is 0 Å². The highest BCUT2D eigenvalue weighted by molar-refractivity contribution is 5.98. The Morgan fingerprint density at radius 1 is 1.30 bits per heavy atom. The molecule has 1 atom stereocenters. The summed E-state index contributed by atoms with van der Waals surface area (Å²) < 4.78 is 5.30. The van der Waals surface area contributed by atoms with E-state index >= 15 is 0 Å². The van der Waals surface area contributed by atoms with Crippen molar-refractivity contribution in [3.63, 3.8) is 0 Å². The lowest BCUT2D eigenvalue weighted by atomic mass is 10.1. The maximum absolute atomic E-state index is 12.6. The summed E-state index contributed by atoms with van der Waals surface area (Å²) in [6.07, 6.45) is 4.84. The maximum atomic E-state index is 12.6. The molecule has 2 amide bonds. The SMILES string of the molecule is COc1ccc(C)cc1NC(=O)[C@@H]1CC(=O)N(C2CCCC2)C1. The Labute approximate surface area is 137 Å². The predicted octanol–water partition coefficient (Wildman–Crippen LogP) is 2.73. The van der Waals surface area contributed by atoms with Gasteiger partial charge in [-0.3, -0.25) is 9.59 Å². The molecule has 0 unspecified atom stereocenters. The van der Waals surface area contributed by atoms with E-state index in [4.69, 9.17) is 4.74 Å². The molecule has 0 radical (unpaired) electrons. The fourth-order valence-corrected chi connectivity index (χ4v) is 3.63. The third kappa shape index (κ3) is 3.33. The number of nitrogens with zero attached hydrogens (tertiary/aromatic N) is 1. The van der Waals surface area contributed by atoms with Gasteiger partial charge in [-0.2, -0.15) is 0 Å². The van der Waals surface area contributed by atoms with E-state index in [0.717, 1.165) is 18.4 Å². The zero-order chi connectivity index (χ0) is 16.4. The second-order valence-electron chi connectivity index (χ2n) is 6.58. The number of methoxy groups -OCH3 is 1. The number of anilines is 1. The molecular formula is C18H24N2O3. The van der Waals surface area contributed by atoms with Crippen LogP contribution < -0.4 is 10.1 Å². The third-order valence-corrected chi connectivity index (χ3v) is 4.91. The van der Waals surface area contributed by atoms with Crippen LogP contribution in [0, 0.1) is 12.8 Å². The van der Waals surface area contributed by atoms with Gasteiger partial charge in [0, 0.05) is 19.0 Å². The molecule has 124 valence electrons. The van der Waals surface area contributed by atoms with Crippen LogP contribution in [0.2, 0.25) is 0 Å². The van der Waals surface area contributed by atoms with Crippen molar-refractivity contribution in [2.24, 2.45) is 5.92 Å². The highest BCUT2D eigenvalue weighted by atomic mass is 16.5. The average molecular weight is 316 g/mol. The number of benzene rings is 1. The quantitative estimate of drug-likeness (QED) is 0.929. The number of hydrogen-bond donors (Lipinski definition) is 1. The minimum absolute atomic E-state index is 0.0947. The molecule has 5 nitrogen and oxygen atoms in total. The van der Waals surface area contributed by atoms with Crippen molar-refractivity contribution in [1.82, 2.24) is 4.90 Å². The first-order valence-electron chi connectivity index (χ1n) is 8.33. The summed E-state index contributed by atoms with van der Waals surface area (Å²) >= 11 is 0. The summed E-state index contributed by atoms with van der Waals surface area (Å²) in [4.78, 5) is 26.7. The number of amides is 2. The molecule has 0 bridgehead atoms. The number of rotatable bonds is 4. The Balaban J connectivity index is 1.67. The highest BCUT2D eigenvalue weighted by Crippen LogP contribution is 2.31. The molecule has 1 heterocycles. The van der Waals surface area contributed by atoms with Gasteiger partial charge in [-0.1, -0.05) is 18.9 Å². The molecule has 1 saturated carbocycles. The van der Waals surface area contributed by atoms with E-state index in [2.05, 4.69) is 5.32 Å². The average Bonchev–Trinajstić information content (AvgIpc) is 3.16. The second-order valence-corrected chi connectivity index (χ2v) is 6.58. The topological polar surface area (TPSA) is 58.6 Å². The van der Waals surface area contributed by atoms with E-state index in [1.54, 1.807) is 7.11 Å². The van der Waals surface area contributed by atoms with Gasteiger partial charge in [0.05, 0.1) is 18.7 Å². The smallest absolute Gasteiger partial charge is 0.229 e. The fraction of sp³-hybridized carbons (Fsp3) is 0.556. The van der Waals surface area contributed by atoms with Gasteiger partial charge in [0.15, 0.2) is 0 Å². The lowest BCUT2D eigenvalue weighted by Crippen LogP contribution is -2.35. The summed E-state index contributed by atoms with van der Waals surface area (Å²) in [5.41, 5.74) is 1.72. The van der Waals surface area contributed by atoms with Crippen molar-refractivity contribution in [3.8, 4) is 5.75 Å². The monoisotopic (exact) mass is 316 g/mol. The van der Waals surface area contributed by atoms with Crippen molar-refractivity contribution in [2.75, 3.05) is 19.0 Å². The largest absolute Gasteiger partial charge is 0.495 e. The molecule has 1 aliphatic heterocycles. The lowest BCUT2D eigenvalue weighted by Gasteiger charge is -2.24. The number of nitrogens with one attached hydrogen (secondary N) is 1. The summed E-state index contributed by atoms with van der Waals surface area (Å²) in [5, 5.41) is 2.93. The molecule has 2 fully saturated rings. The van der Waals surface area contributed by atoms with Crippen LogP contribution in [0.25, 0.3) is 0 Å². The summed E-state index contributed by atoms with van der Waals surface area (Å²) in [7, 11) is 1.58. The van der Waals surface area contributed by atoms with Crippen LogP contribution in [-0.4, -0.2) is 36.4 Å². The van der Waals surface area contributed by atoms with Gasteiger partial charge < -0.3 is 15.0 Å². The predicted molar refractivity (Wildman–Crippen MR) is 88.4 cm³/mol. The second kappa shape index (κ2) is 6.60. The number of carbonyl (C=O) groups is 2. The van der Waals surface area contributed by atoms with Gasteiger partial charge in [0.2, 0.25) is 11.8 Å². The van der Waals surface area contributed by atoms with E-state index < -0.39 is 0 Å². The molecule has 23 heavy (non-hydrogen) atoms. The van der Waals surface area contributed by atoms with E-state index in [-0.39, 0.29) is 17.7 Å². The van der Waals surface area contributed by atoms with E-state index in [1.807, 2.05) is 30.0 Å². The van der Waals surface area contributed by atoms with Crippen LogP contribution in [0.3, 0.4) is 0 Å². The Bertz CT molecular complexity index is 608. The maximum Gasteiger partial charge on any atom is 0.229 e. The van der Waals surface area contributed by atoms with Gasteiger partial charge in [-0.25, -0.2) is 0 Å². The Kier molecular flexibility index (Phi) is 4.55. The minimum Gasteiger partial charge on any atom is -0.495 e. The van der Waals surface area contributed by atoms with Gasteiger partial charge >= 0.3 is 0 Å². The highest BCUT2D eigenvalue weighted by Gasteiger charge is 2.38. The summed E-state index contributed by atoms with van der Waals surface area (Å²) in [6, 6.07) is 6.02. The number of likely N-dealkylation sites (tertiary alicyclic amines) is 1. The third-order valence-electron chi connectivity index (χ3n) is 4.91. The number of aryl methyl sites for hydroxylation is 1. The standard InChI is InChI=1S/C18H24N2O3/c1-12-7-8-16(23-2)15(9-12)19-18(22)13-10-17(21)20(11-13)14-5-3-4-6-14/h7-9,13-14H,3-6,10-11H2,1-2H3,(H,19,22)/t13-/m1/s1. The molecule has 0 spiro atoms. The molecule has 2 aliphatic rings. The Morgan fingerprint density at radius 2 is 2.04 bits per heavy atom. The van der Waals surface area contributed by atoms with Gasteiger partial charge in [-0.05, 0) is 37.5 Å². The van der Waals surface area contributed by atoms with Crippen molar-refractivity contribution >= 4 is 17.5 Å².